The molecule has 0 atom stereocenters. The van der Waals surface area contributed by atoms with Crippen molar-refractivity contribution in [3.63, 3.8) is 0 Å². The lowest BCUT2D eigenvalue weighted by Crippen LogP contribution is -1.89. The van der Waals surface area contributed by atoms with E-state index in [0.717, 1.165) is 12.2 Å². The van der Waals surface area contributed by atoms with Crippen LogP contribution in [0.2, 0.25) is 0 Å². The molecule has 0 aliphatic rings. The molecular formula is C9H8NO. The Bertz CT molecular complexity index is 299. The molecule has 1 aromatic rings. The van der Waals surface area contributed by atoms with Crippen LogP contribution in [-0.2, 0) is 0 Å². The highest BCUT2D eigenvalue weighted by molar-refractivity contribution is 5.43. The number of hydrogen-bond donors (Lipinski definition) is 1. The van der Waals surface area contributed by atoms with Gasteiger partial charge in [0.2, 0.25) is 0 Å². The topological polar surface area (TPSA) is 44.0 Å². The maximum atomic E-state index is 8.70. The average Bonchev–Trinajstić information content (AvgIpc) is 2.05. The highest BCUT2D eigenvalue weighted by Gasteiger charge is 2.00. The van der Waals surface area contributed by atoms with E-state index in [0.29, 0.717) is 11.1 Å². The van der Waals surface area contributed by atoms with E-state index in [1.165, 1.54) is 0 Å². The standard InChI is InChI=1S/C9H8NO/c1-7-8(5-10)3-2-4-9(7)6-11/h2-4,6,11H,1H3. The van der Waals surface area contributed by atoms with Gasteiger partial charge < -0.3 is 5.11 Å². The average molecular weight is 146 g/mol. The first-order chi connectivity index (χ1) is 5.29. The fraction of sp³-hybridized carbons (Fsp3) is 0.111. The summed E-state index contributed by atoms with van der Waals surface area (Å²) in [4.78, 5) is 0. The Kier molecular flexibility index (Phi) is 2.25. The number of aliphatic hydroxyl groups excluding tert-OH is 1. The quantitative estimate of drug-likeness (QED) is 0.655. The number of rotatable bonds is 1. The molecule has 1 rings (SSSR count). The molecule has 0 aliphatic heterocycles. The highest BCUT2D eigenvalue weighted by Crippen LogP contribution is 2.12. The SMILES string of the molecule is Cc1c(C#N)cccc1[CH]O. The Morgan fingerprint density at radius 3 is 2.82 bits per heavy atom. The zero-order valence-electron chi connectivity index (χ0n) is 6.20. The van der Waals surface area contributed by atoms with Crippen molar-refractivity contribution in [2.24, 2.45) is 0 Å². The molecule has 0 heterocycles. The molecule has 2 heteroatoms. The monoisotopic (exact) mass is 146 g/mol. The highest BCUT2D eigenvalue weighted by atomic mass is 16.3. The maximum Gasteiger partial charge on any atom is 0.109 e. The third kappa shape index (κ3) is 1.39. The van der Waals surface area contributed by atoms with Crippen LogP contribution < -0.4 is 0 Å². The van der Waals surface area contributed by atoms with Gasteiger partial charge in [-0.25, -0.2) is 0 Å². The van der Waals surface area contributed by atoms with Crippen LogP contribution in [-0.4, -0.2) is 5.11 Å². The molecule has 55 valence electrons. The summed E-state index contributed by atoms with van der Waals surface area (Å²) >= 11 is 0. The Balaban J connectivity index is 3.23. The Morgan fingerprint density at radius 2 is 2.27 bits per heavy atom. The summed E-state index contributed by atoms with van der Waals surface area (Å²) in [5.41, 5.74) is 2.12. The van der Waals surface area contributed by atoms with Crippen LogP contribution in [0.5, 0.6) is 0 Å². The Morgan fingerprint density at radius 1 is 1.55 bits per heavy atom. The van der Waals surface area contributed by atoms with Gasteiger partial charge >= 0.3 is 0 Å². The molecule has 0 saturated carbocycles. The van der Waals surface area contributed by atoms with E-state index in [2.05, 4.69) is 0 Å². The van der Waals surface area contributed by atoms with Gasteiger partial charge in [0.1, 0.15) is 6.61 Å². The number of nitriles is 1. The van der Waals surface area contributed by atoms with Gasteiger partial charge in [0, 0.05) is 0 Å². The second kappa shape index (κ2) is 3.18. The van der Waals surface area contributed by atoms with Crippen molar-refractivity contribution < 1.29 is 5.11 Å². The minimum atomic E-state index is 0.604. The summed E-state index contributed by atoms with van der Waals surface area (Å²) in [6.07, 6.45) is 0. The smallest absolute Gasteiger partial charge is 0.109 e. The van der Waals surface area contributed by atoms with Gasteiger partial charge in [-0.15, -0.1) is 0 Å². The molecule has 1 radical (unpaired) electrons. The van der Waals surface area contributed by atoms with Crippen molar-refractivity contribution >= 4 is 0 Å². The van der Waals surface area contributed by atoms with Gasteiger partial charge in [-0.1, -0.05) is 12.1 Å². The molecule has 0 bridgehead atoms. The van der Waals surface area contributed by atoms with E-state index in [1.54, 1.807) is 25.1 Å². The molecule has 0 unspecified atom stereocenters. The number of aliphatic hydroxyl groups is 1. The molecule has 2 nitrogen and oxygen atoms in total. The van der Waals surface area contributed by atoms with Crippen molar-refractivity contribution in [3.8, 4) is 6.07 Å². The van der Waals surface area contributed by atoms with E-state index < -0.39 is 0 Å². The van der Waals surface area contributed by atoms with Crippen LogP contribution in [0.1, 0.15) is 16.7 Å². The van der Waals surface area contributed by atoms with E-state index in [9.17, 15) is 0 Å². The summed E-state index contributed by atoms with van der Waals surface area (Å²) in [6, 6.07) is 7.27. The van der Waals surface area contributed by atoms with Crippen molar-refractivity contribution in [2.45, 2.75) is 6.92 Å². The van der Waals surface area contributed by atoms with E-state index in [4.69, 9.17) is 10.4 Å². The van der Waals surface area contributed by atoms with E-state index >= 15 is 0 Å². The number of hydrogen-bond acceptors (Lipinski definition) is 2. The molecule has 1 aromatic carbocycles. The fourth-order valence-electron chi connectivity index (χ4n) is 0.914. The van der Waals surface area contributed by atoms with E-state index in [-0.39, 0.29) is 0 Å². The van der Waals surface area contributed by atoms with Crippen molar-refractivity contribution in [3.05, 3.63) is 41.5 Å². The molecule has 0 fully saturated rings. The van der Waals surface area contributed by atoms with Gasteiger partial charge in [-0.3, -0.25) is 0 Å². The van der Waals surface area contributed by atoms with Gasteiger partial charge in [0.05, 0.1) is 11.6 Å². The third-order valence-electron chi connectivity index (χ3n) is 1.64. The van der Waals surface area contributed by atoms with Crippen molar-refractivity contribution in [1.82, 2.24) is 0 Å². The fourth-order valence-corrected chi connectivity index (χ4v) is 0.914. The zero-order chi connectivity index (χ0) is 8.27. The summed E-state index contributed by atoms with van der Waals surface area (Å²) < 4.78 is 0. The largest absolute Gasteiger partial charge is 0.385 e. The minimum absolute atomic E-state index is 0.604. The maximum absolute atomic E-state index is 8.70. The van der Waals surface area contributed by atoms with Crippen LogP contribution in [0, 0.1) is 24.9 Å². The second-order valence-electron chi connectivity index (χ2n) is 2.26. The Hall–Kier alpha value is -1.33. The van der Waals surface area contributed by atoms with Crippen molar-refractivity contribution in [1.29, 1.82) is 5.26 Å². The third-order valence-corrected chi connectivity index (χ3v) is 1.64. The first-order valence-corrected chi connectivity index (χ1v) is 3.26. The van der Waals surface area contributed by atoms with Crippen LogP contribution >= 0.6 is 0 Å². The molecule has 0 aromatic heterocycles. The predicted octanol–water partition coefficient (Wildman–Crippen LogP) is 1.75. The summed E-state index contributed by atoms with van der Waals surface area (Å²) in [5, 5.41) is 17.3. The lowest BCUT2D eigenvalue weighted by Gasteiger charge is -2.01. The number of nitrogens with zero attached hydrogens (tertiary/aromatic N) is 1. The molecule has 1 N–H and O–H groups in total. The summed E-state index contributed by atoms with van der Waals surface area (Å²) in [5.74, 6) is 0. The summed E-state index contributed by atoms with van der Waals surface area (Å²) in [6.45, 7) is 2.82. The molecular weight excluding hydrogens is 138 g/mol. The van der Waals surface area contributed by atoms with Gasteiger partial charge in [0.15, 0.2) is 0 Å². The first-order valence-electron chi connectivity index (χ1n) is 3.26. The lowest BCUT2D eigenvalue weighted by atomic mass is 10.0. The van der Waals surface area contributed by atoms with Gasteiger partial charge in [-0.05, 0) is 24.1 Å². The lowest BCUT2D eigenvalue weighted by molar-refractivity contribution is 0.414. The first kappa shape index (κ1) is 7.77. The minimum Gasteiger partial charge on any atom is -0.385 e. The Labute approximate surface area is 65.7 Å². The van der Waals surface area contributed by atoms with Crippen LogP contribution in [0.4, 0.5) is 0 Å². The van der Waals surface area contributed by atoms with E-state index in [1.807, 2.05) is 6.07 Å². The van der Waals surface area contributed by atoms with Crippen LogP contribution in [0.15, 0.2) is 18.2 Å². The van der Waals surface area contributed by atoms with Crippen LogP contribution in [0.25, 0.3) is 0 Å². The number of benzene rings is 1. The molecule has 0 amide bonds. The predicted molar refractivity (Wildman–Crippen MR) is 41.2 cm³/mol. The summed E-state index contributed by atoms with van der Waals surface area (Å²) in [7, 11) is 0. The molecule has 0 spiro atoms. The molecule has 11 heavy (non-hydrogen) atoms. The van der Waals surface area contributed by atoms with Gasteiger partial charge in [-0.2, -0.15) is 5.26 Å². The molecule has 0 saturated heterocycles. The second-order valence-corrected chi connectivity index (χ2v) is 2.26. The zero-order valence-corrected chi connectivity index (χ0v) is 6.20. The normalized spacial score (nSPS) is 9.18. The molecule has 0 aliphatic carbocycles. The van der Waals surface area contributed by atoms with Gasteiger partial charge in [0.25, 0.3) is 0 Å². The van der Waals surface area contributed by atoms with Crippen LogP contribution in [0.3, 0.4) is 0 Å². The van der Waals surface area contributed by atoms with Crippen molar-refractivity contribution in [2.75, 3.05) is 0 Å².